The highest BCUT2D eigenvalue weighted by atomic mass is 32.2. The Morgan fingerprint density at radius 3 is 2.26 bits per heavy atom. The van der Waals surface area contributed by atoms with Crippen LogP contribution in [0.15, 0.2) is 24.3 Å². The molecule has 3 amide bonds. The minimum atomic E-state index is -0.873. The molecule has 6 atom stereocenters. The van der Waals surface area contributed by atoms with E-state index in [4.69, 9.17) is 0 Å². The van der Waals surface area contributed by atoms with Crippen LogP contribution in [0, 0.1) is 17.3 Å². The quantitative estimate of drug-likeness (QED) is 0.597. The van der Waals surface area contributed by atoms with Crippen molar-refractivity contribution in [3.05, 3.63) is 24.3 Å². The second kappa shape index (κ2) is 8.37. The van der Waals surface area contributed by atoms with Gasteiger partial charge in [-0.1, -0.05) is 45.1 Å². The summed E-state index contributed by atoms with van der Waals surface area (Å²) in [6.07, 6.45) is 8.92. The lowest BCUT2D eigenvalue weighted by atomic mass is 9.74. The fourth-order valence-electron chi connectivity index (χ4n) is 7.08. The third kappa shape index (κ3) is 3.95. The van der Waals surface area contributed by atoms with Crippen LogP contribution in [0.4, 0.5) is 0 Å². The van der Waals surface area contributed by atoms with Crippen LogP contribution in [0.1, 0.15) is 54.9 Å². The number of thioether (sulfide) groups is 1. The Labute approximate surface area is 214 Å². The monoisotopic (exact) mass is 503 g/mol. The number of likely N-dealkylation sites (tertiary alicyclic amines) is 1. The molecule has 0 aliphatic carbocycles. The maximum Gasteiger partial charge on any atom is 0.247 e. The zero-order chi connectivity index (χ0) is 26.1. The van der Waals surface area contributed by atoms with E-state index in [0.717, 1.165) is 6.42 Å². The summed E-state index contributed by atoms with van der Waals surface area (Å²) in [5, 5.41) is 10.1. The minimum absolute atomic E-state index is 0.00811. The van der Waals surface area contributed by atoms with Crippen molar-refractivity contribution in [3.8, 4) is 0 Å². The van der Waals surface area contributed by atoms with Gasteiger partial charge >= 0.3 is 0 Å². The highest BCUT2D eigenvalue weighted by Crippen LogP contribution is 2.65. The summed E-state index contributed by atoms with van der Waals surface area (Å²) in [5.74, 6) is -1.61. The second-order valence-corrected chi connectivity index (χ2v) is 14.6. The highest BCUT2D eigenvalue weighted by Gasteiger charge is 2.74. The molecule has 1 N–H and O–H groups in total. The zero-order valence-electron chi connectivity index (χ0n) is 22.4. The third-order valence-corrected chi connectivity index (χ3v) is 9.93. The molecule has 4 aliphatic heterocycles. The first-order valence-corrected chi connectivity index (χ1v) is 13.5. The largest absolute Gasteiger partial charge is 0.394 e. The van der Waals surface area contributed by atoms with E-state index >= 15 is 0 Å². The van der Waals surface area contributed by atoms with Gasteiger partial charge in [0.15, 0.2) is 0 Å². The number of amides is 3. The molecule has 0 aromatic rings. The predicted octanol–water partition coefficient (Wildman–Crippen LogP) is 2.70. The van der Waals surface area contributed by atoms with E-state index < -0.39 is 39.0 Å². The minimum Gasteiger partial charge on any atom is -0.394 e. The lowest BCUT2D eigenvalue weighted by molar-refractivity contribution is -0.149. The molecule has 7 nitrogen and oxygen atoms in total. The molecule has 0 radical (unpaired) electrons. The van der Waals surface area contributed by atoms with Gasteiger partial charge in [-0.15, -0.1) is 11.8 Å². The van der Waals surface area contributed by atoms with Gasteiger partial charge < -0.3 is 19.8 Å². The second-order valence-electron chi connectivity index (χ2n) is 12.8. The van der Waals surface area contributed by atoms with Gasteiger partial charge in [0.25, 0.3) is 0 Å². The van der Waals surface area contributed by atoms with Crippen LogP contribution in [-0.4, -0.2) is 91.4 Å². The number of likely N-dealkylation sites (N-methyl/N-ethyl adjacent to an activating group) is 1. The number of rotatable bonds is 4. The molecule has 2 fully saturated rings. The molecule has 4 rings (SSSR count). The van der Waals surface area contributed by atoms with E-state index in [1.165, 1.54) is 0 Å². The first-order chi connectivity index (χ1) is 16.1. The lowest BCUT2D eigenvalue weighted by Crippen LogP contribution is -2.60. The van der Waals surface area contributed by atoms with Crippen molar-refractivity contribution in [2.75, 3.05) is 26.7 Å². The van der Waals surface area contributed by atoms with Gasteiger partial charge in [-0.3, -0.25) is 14.4 Å². The van der Waals surface area contributed by atoms with Crippen LogP contribution in [0.3, 0.4) is 0 Å². The van der Waals surface area contributed by atoms with Crippen molar-refractivity contribution in [1.82, 2.24) is 14.7 Å². The Balaban J connectivity index is 1.87. The molecular weight excluding hydrogens is 462 g/mol. The Hall–Kier alpha value is -1.80. The summed E-state index contributed by atoms with van der Waals surface area (Å²) in [5.41, 5.74) is -0.429. The molecule has 0 bridgehead atoms. The smallest absolute Gasteiger partial charge is 0.247 e. The number of nitrogens with zero attached hydrogens (tertiary/aromatic N) is 3. The van der Waals surface area contributed by atoms with Gasteiger partial charge in [0.2, 0.25) is 17.7 Å². The standard InChI is InChI=1S/C27H41N3O4S/c1-17(15-31)30-20-23(34)29(25(5,6)16-24(2,3)4)14-10-12-27(20)19(22(30)33)18-21(32)28(8)13-9-11-26(18,7)35-27/h9-12,17-20,31H,13-16H2,1-8H3/t17-,18+,19+,20?,26-,27+/m1/s1. The fraction of sp³-hybridized carbons (Fsp3) is 0.741. The first-order valence-electron chi connectivity index (χ1n) is 12.6. The highest BCUT2D eigenvalue weighted by molar-refractivity contribution is 8.02. The molecule has 8 heteroatoms. The Kier molecular flexibility index (Phi) is 6.28. The van der Waals surface area contributed by atoms with Gasteiger partial charge in [-0.25, -0.2) is 0 Å². The van der Waals surface area contributed by atoms with E-state index in [0.29, 0.717) is 13.1 Å². The van der Waals surface area contributed by atoms with Crippen LogP contribution < -0.4 is 0 Å². The Morgan fingerprint density at radius 2 is 1.66 bits per heavy atom. The number of aliphatic hydroxyl groups excluding tert-OH is 1. The van der Waals surface area contributed by atoms with Gasteiger partial charge in [0.05, 0.1) is 29.2 Å². The number of hydrogen-bond donors (Lipinski definition) is 1. The summed E-state index contributed by atoms with van der Waals surface area (Å²) in [4.78, 5) is 47.4. The Bertz CT molecular complexity index is 985. The van der Waals surface area contributed by atoms with Crippen LogP contribution in [0.2, 0.25) is 0 Å². The van der Waals surface area contributed by atoms with Crippen LogP contribution >= 0.6 is 11.8 Å². The SMILES string of the molecule is C[C@H](CO)N1C(=O)[C@@H]2[C@H]3C(=O)N(C)CC=C[C@@]3(C)S[C@@]23C=CCN(C(C)(C)CC(C)(C)C)C(=O)C13. The van der Waals surface area contributed by atoms with E-state index in [-0.39, 0.29) is 29.7 Å². The molecule has 1 unspecified atom stereocenters. The average Bonchev–Trinajstić information content (AvgIpc) is 3.01. The third-order valence-electron chi connectivity index (χ3n) is 8.13. The Morgan fingerprint density at radius 1 is 1.03 bits per heavy atom. The van der Waals surface area contributed by atoms with Crippen LogP contribution in [0.5, 0.6) is 0 Å². The summed E-state index contributed by atoms with van der Waals surface area (Å²) in [6.45, 7) is 15.2. The summed E-state index contributed by atoms with van der Waals surface area (Å²) >= 11 is 1.58. The summed E-state index contributed by atoms with van der Waals surface area (Å²) in [7, 11) is 1.77. The maximum atomic E-state index is 14.5. The normalized spacial score (nSPS) is 36.2. The molecule has 0 aromatic heterocycles. The number of hydrogen-bond acceptors (Lipinski definition) is 5. The molecule has 4 aliphatic rings. The van der Waals surface area contributed by atoms with E-state index in [2.05, 4.69) is 40.7 Å². The molecule has 0 saturated carbocycles. The van der Waals surface area contributed by atoms with Crippen molar-refractivity contribution in [2.45, 2.75) is 82.0 Å². The van der Waals surface area contributed by atoms with Crippen molar-refractivity contribution in [1.29, 1.82) is 0 Å². The molecule has 0 aromatic carbocycles. The van der Waals surface area contributed by atoms with Crippen molar-refractivity contribution >= 4 is 29.5 Å². The van der Waals surface area contributed by atoms with Gasteiger partial charge in [-0.05, 0) is 39.5 Å². The van der Waals surface area contributed by atoms with Gasteiger partial charge in [0.1, 0.15) is 6.04 Å². The summed E-state index contributed by atoms with van der Waals surface area (Å²) < 4.78 is -1.47. The first kappa shape index (κ1) is 26.3. The van der Waals surface area contributed by atoms with Gasteiger partial charge in [-0.2, -0.15) is 0 Å². The molecule has 35 heavy (non-hydrogen) atoms. The molecule has 1 spiro atoms. The van der Waals surface area contributed by atoms with Crippen molar-refractivity contribution in [2.24, 2.45) is 17.3 Å². The molecule has 194 valence electrons. The molecule has 2 saturated heterocycles. The lowest BCUT2D eigenvalue weighted by Gasteiger charge is -2.45. The number of fused-ring (bicyclic) bond motifs is 2. The van der Waals surface area contributed by atoms with Crippen LogP contribution in [0.25, 0.3) is 0 Å². The topological polar surface area (TPSA) is 81.2 Å². The predicted molar refractivity (Wildman–Crippen MR) is 139 cm³/mol. The molecule has 4 heterocycles. The van der Waals surface area contributed by atoms with E-state index in [1.54, 1.807) is 35.5 Å². The average molecular weight is 504 g/mol. The number of carbonyl (C=O) groups excluding carboxylic acids is 3. The van der Waals surface area contributed by atoms with E-state index in [1.807, 2.05) is 30.1 Å². The van der Waals surface area contributed by atoms with Gasteiger partial charge in [0, 0.05) is 30.4 Å². The zero-order valence-corrected chi connectivity index (χ0v) is 23.2. The maximum absolute atomic E-state index is 14.5. The number of aliphatic hydroxyl groups is 1. The fourth-order valence-corrected chi connectivity index (χ4v) is 9.23. The van der Waals surface area contributed by atoms with E-state index in [9.17, 15) is 19.5 Å². The van der Waals surface area contributed by atoms with Crippen molar-refractivity contribution < 1.29 is 19.5 Å². The summed E-state index contributed by atoms with van der Waals surface area (Å²) in [6, 6.07) is -1.31. The number of carbonyl (C=O) groups is 3. The van der Waals surface area contributed by atoms with Crippen LogP contribution in [-0.2, 0) is 14.4 Å². The molecular formula is C27H41N3O4S. The van der Waals surface area contributed by atoms with Crippen molar-refractivity contribution in [3.63, 3.8) is 0 Å².